The summed E-state index contributed by atoms with van der Waals surface area (Å²) in [6.45, 7) is 10.3. The highest BCUT2D eigenvalue weighted by atomic mass is 28.3. The molecular formula is C73H97N3O31Si. The van der Waals surface area contributed by atoms with Crippen molar-refractivity contribution in [3.63, 3.8) is 0 Å². The molecule has 2 unspecified atom stereocenters. The van der Waals surface area contributed by atoms with Crippen LogP contribution < -0.4 is 16.0 Å². The van der Waals surface area contributed by atoms with Gasteiger partial charge < -0.3 is 117 Å². The second kappa shape index (κ2) is 36.0. The molecular weight excluding hydrogens is 1440 g/mol. The van der Waals surface area contributed by atoms with Crippen LogP contribution in [0.15, 0.2) is 91.0 Å². The highest BCUT2D eigenvalue weighted by molar-refractivity contribution is 6.76. The molecule has 108 heavy (non-hydrogen) atoms. The summed E-state index contributed by atoms with van der Waals surface area (Å²) in [5, 5.41) is 58.5. The van der Waals surface area contributed by atoms with Crippen LogP contribution in [0.1, 0.15) is 91.2 Å². The van der Waals surface area contributed by atoms with Crippen molar-refractivity contribution in [2.45, 2.75) is 246 Å². The average Bonchev–Trinajstić information content (AvgIpc) is 0.706. The van der Waals surface area contributed by atoms with E-state index in [9.17, 15) is 58.8 Å². The lowest BCUT2D eigenvalue weighted by molar-refractivity contribution is -0.407. The number of ether oxygens (including phenoxy) is 17. The Bertz CT molecular complexity index is 3650. The lowest BCUT2D eigenvalue weighted by Gasteiger charge is -2.57. The van der Waals surface area contributed by atoms with Gasteiger partial charge in [-0.3, -0.25) is 38.4 Å². The van der Waals surface area contributed by atoms with Gasteiger partial charge in [0.1, 0.15) is 79.8 Å². The third-order valence-electron chi connectivity index (χ3n) is 19.2. The van der Waals surface area contributed by atoms with Gasteiger partial charge in [-0.05, 0) is 31.0 Å². The number of carbonyl (C=O) groups is 10. The van der Waals surface area contributed by atoms with E-state index in [4.69, 9.17) is 80.5 Å². The molecule has 6 fully saturated rings. The monoisotopic (exact) mass is 1540 g/mol. The van der Waals surface area contributed by atoms with Crippen molar-refractivity contribution >= 4 is 67.2 Å². The summed E-state index contributed by atoms with van der Waals surface area (Å²) < 4.78 is 109. The minimum Gasteiger partial charge on any atom is -0.465 e. The highest BCUT2D eigenvalue weighted by Gasteiger charge is 2.73. The summed E-state index contributed by atoms with van der Waals surface area (Å²) in [4.78, 5) is 140. The van der Waals surface area contributed by atoms with E-state index in [1.54, 1.807) is 91.0 Å². The largest absolute Gasteiger partial charge is 0.465 e. The molecule has 6 aliphatic heterocycles. The van der Waals surface area contributed by atoms with Crippen molar-refractivity contribution in [3.05, 3.63) is 108 Å². The number of Topliss-reactive ketones (excluding diaryl/α,β-unsaturated/α-hetero) is 2. The molecule has 594 valence electrons. The maximum atomic E-state index is 15.8. The number of hydrogen-bond donors (Lipinski definition) is 7. The molecule has 6 heterocycles. The third-order valence-corrected chi connectivity index (χ3v) is 20.9. The van der Waals surface area contributed by atoms with E-state index >= 15 is 9.59 Å². The lowest BCUT2D eigenvalue weighted by Crippen LogP contribution is -2.80. The molecule has 3 aromatic carbocycles. The molecule has 35 heteroatoms. The maximum absolute atomic E-state index is 15.8. The number of fused-ring (bicyclic) bond motifs is 1. The van der Waals surface area contributed by atoms with Crippen LogP contribution in [0.5, 0.6) is 0 Å². The predicted molar refractivity (Wildman–Crippen MR) is 368 cm³/mol. The van der Waals surface area contributed by atoms with Gasteiger partial charge in [-0.25, -0.2) is 9.59 Å². The van der Waals surface area contributed by atoms with Gasteiger partial charge in [-0.1, -0.05) is 111 Å². The standard InChI is InChI=1S/C73H97N3O31Si/c1-38(78)70(89)37-72(68(87)91-9,107-64(63(70)76-42(5)82)73(90,39(2)79)53-36-96-69(88)71(104-53)30-49(97-43(6)83)54(74-40(3)80)60(105-71)58(99-45(8)85)50(31-77)98-44(7)84)106-61-59(103-66-55(75-41(4)81)56(86)57-52(100-66)35-95-65(102-57)48-26-20-15-21-27-48)51(34-92-32-46-22-16-13-17-23-46)101-67(93-28-29-108(10,11)12)62(61)94-33-47-24-18-14-19-25-47/h13-27,49-67,77,86,89-90H,28-37H2,1-12H3,(H,74,80)(H,75,81)(H,76,82)/t49-,50+,51+,52+,53+,54+,55+,56+,57-,58+,59-,60+,61-,62+,63-,64+,65?,66-,67+,70+,71?,72+,73+/m0/s1. The van der Waals surface area contributed by atoms with Crippen molar-refractivity contribution in [2.75, 3.05) is 40.1 Å². The van der Waals surface area contributed by atoms with Crippen molar-refractivity contribution < 1.29 is 149 Å². The average molecular weight is 1540 g/mol. The van der Waals surface area contributed by atoms with Crippen LogP contribution in [-0.2, 0) is 142 Å². The number of benzene rings is 3. The van der Waals surface area contributed by atoms with Gasteiger partial charge in [0.2, 0.25) is 17.7 Å². The van der Waals surface area contributed by atoms with Crippen molar-refractivity contribution in [1.82, 2.24) is 16.0 Å². The van der Waals surface area contributed by atoms with Gasteiger partial charge in [0.25, 0.3) is 11.6 Å². The Morgan fingerprint density at radius 1 is 0.694 bits per heavy atom. The zero-order valence-electron chi connectivity index (χ0n) is 62.0. The third kappa shape index (κ3) is 19.7. The second-order valence-corrected chi connectivity index (χ2v) is 34.3. The summed E-state index contributed by atoms with van der Waals surface area (Å²) in [7, 11) is -1.15. The number of amides is 3. The molecule has 0 radical (unpaired) electrons. The van der Waals surface area contributed by atoms with Crippen LogP contribution in [0.4, 0.5) is 0 Å². The van der Waals surface area contributed by atoms with Crippen molar-refractivity contribution in [1.29, 1.82) is 0 Å². The predicted octanol–water partition coefficient (Wildman–Crippen LogP) is 0.866. The van der Waals surface area contributed by atoms with E-state index in [1.165, 1.54) is 6.92 Å². The molecule has 23 atom stereocenters. The molecule has 7 N–H and O–H groups in total. The van der Waals surface area contributed by atoms with Crippen LogP contribution in [0.3, 0.4) is 0 Å². The number of hydrogen-bond acceptors (Lipinski definition) is 31. The number of rotatable bonds is 30. The topological polar surface area (TPSA) is 445 Å². The van der Waals surface area contributed by atoms with Crippen LogP contribution >= 0.6 is 0 Å². The number of carbonyl (C=O) groups excluding carboxylic acids is 10. The lowest BCUT2D eigenvalue weighted by atomic mass is 9.70. The van der Waals surface area contributed by atoms with Crippen molar-refractivity contribution in [3.8, 4) is 0 Å². The van der Waals surface area contributed by atoms with Crippen LogP contribution in [-0.4, -0.2) is 261 Å². The van der Waals surface area contributed by atoms with E-state index < -0.39 is 239 Å². The van der Waals surface area contributed by atoms with Gasteiger partial charge in [-0.2, -0.15) is 0 Å². The first-order chi connectivity index (χ1) is 51.0. The minimum absolute atomic E-state index is 0.00209. The van der Waals surface area contributed by atoms with Gasteiger partial charge in [0.15, 0.2) is 53.8 Å². The number of nitrogens with one attached hydrogen (secondary N) is 3. The van der Waals surface area contributed by atoms with Crippen LogP contribution in [0.2, 0.25) is 25.7 Å². The smallest absolute Gasteiger partial charge is 0.367 e. The Morgan fingerprint density at radius 2 is 1.31 bits per heavy atom. The molecule has 34 nitrogen and oxygen atoms in total. The van der Waals surface area contributed by atoms with Crippen LogP contribution in [0.25, 0.3) is 0 Å². The molecule has 1 spiro atoms. The van der Waals surface area contributed by atoms with Gasteiger partial charge in [0.05, 0.1) is 65.1 Å². The number of cyclic esters (lactones) is 1. The molecule has 3 aromatic rings. The summed E-state index contributed by atoms with van der Waals surface area (Å²) in [6, 6.07) is 21.2. The van der Waals surface area contributed by atoms with E-state index in [2.05, 4.69) is 35.6 Å². The normalized spacial score (nSPS) is 33.1. The zero-order valence-corrected chi connectivity index (χ0v) is 63.0. The molecule has 6 aliphatic rings. The van der Waals surface area contributed by atoms with E-state index in [1.807, 2.05) is 0 Å². The maximum Gasteiger partial charge on any atom is 0.367 e. The highest BCUT2D eigenvalue weighted by Crippen LogP contribution is 2.49. The fraction of sp³-hybridized carbons (Fsp3) is 0.616. The van der Waals surface area contributed by atoms with E-state index in [0.717, 1.165) is 55.6 Å². The molecule has 3 amide bonds. The zero-order chi connectivity index (χ0) is 78.8. The molecule has 0 saturated carbocycles. The minimum atomic E-state index is -3.64. The quantitative estimate of drug-likeness (QED) is 0.0276. The van der Waals surface area contributed by atoms with E-state index in [0.29, 0.717) is 22.7 Å². The Labute approximate surface area is 623 Å². The molecule has 9 rings (SSSR count). The summed E-state index contributed by atoms with van der Waals surface area (Å²) in [5.74, 6) is -18.3. The van der Waals surface area contributed by atoms with E-state index in [-0.39, 0.29) is 26.4 Å². The Hall–Kier alpha value is -7.66. The molecule has 0 aromatic heterocycles. The van der Waals surface area contributed by atoms with Gasteiger partial charge in [-0.15, -0.1) is 0 Å². The molecule has 0 bridgehead atoms. The Balaban J connectivity index is 1.24. The molecule has 0 aliphatic carbocycles. The Morgan fingerprint density at radius 3 is 1.87 bits per heavy atom. The molecule has 6 saturated heterocycles. The van der Waals surface area contributed by atoms with Gasteiger partial charge in [0, 0.05) is 61.8 Å². The number of aliphatic hydroxyl groups excluding tert-OH is 2. The first kappa shape index (κ1) is 84.4. The fourth-order valence-electron chi connectivity index (χ4n) is 14.0. The summed E-state index contributed by atoms with van der Waals surface area (Å²) in [6.07, 6.45) is -31.3. The Kier molecular flexibility index (Phi) is 28.1. The first-order valence-electron chi connectivity index (χ1n) is 35.3. The van der Waals surface area contributed by atoms with Crippen molar-refractivity contribution in [2.24, 2.45) is 0 Å². The van der Waals surface area contributed by atoms with Gasteiger partial charge >= 0.3 is 29.8 Å². The second-order valence-electron chi connectivity index (χ2n) is 28.6. The number of aliphatic hydroxyl groups is 4. The number of methoxy groups -OCH3 is 1. The SMILES string of the molecule is COC(=O)[C@@]1(O[C@H]2[C@@H](O[C@@H]3O[C@@H]4COC(c5ccccc5)O[C@@H]4[C@H](O)[C@H]3NC(C)=O)[C@@H](COCc3ccccc3)O[C@@H](OCC[Si](C)(C)C)[C@@H]2OCc2ccccc2)C[C@@](O)(C(C)=O)[C@@H](NC(C)=O)[C@H]([C@@](O)(C(C)=O)[C@H]2COC(=O)C3(C[C@H](OC(C)=O)[C@@H](NC(C)=O)[C@H]([C@H](OC(C)=O)[C@@H](CO)OC(C)=O)O3)O2)O1. The number of ketones is 2. The number of esters is 5. The first-order valence-corrected chi connectivity index (χ1v) is 39.0. The van der Waals surface area contributed by atoms with Crippen LogP contribution in [0, 0.1) is 0 Å². The summed E-state index contributed by atoms with van der Waals surface area (Å²) >= 11 is 0. The fourth-order valence-corrected chi connectivity index (χ4v) is 14.8. The summed E-state index contributed by atoms with van der Waals surface area (Å²) in [5.41, 5.74) is -5.12.